The van der Waals surface area contributed by atoms with Gasteiger partial charge in [0, 0.05) is 10.4 Å². The van der Waals surface area contributed by atoms with Crippen molar-refractivity contribution in [3.8, 4) is 17.2 Å². The van der Waals surface area contributed by atoms with Crippen molar-refractivity contribution < 1.29 is 33.3 Å². The predicted octanol–water partition coefficient (Wildman–Crippen LogP) is 4.55. The first-order chi connectivity index (χ1) is 16.7. The maximum absolute atomic E-state index is 13.5. The van der Waals surface area contributed by atoms with E-state index < -0.39 is 29.3 Å². The van der Waals surface area contributed by atoms with Gasteiger partial charge in [-0.25, -0.2) is 9.37 Å². The summed E-state index contributed by atoms with van der Waals surface area (Å²) in [5, 5.41) is 11.5. The Morgan fingerprint density at radius 3 is 2.11 bits per heavy atom. The third-order valence-corrected chi connectivity index (χ3v) is 6.86. The highest BCUT2D eigenvalue weighted by Gasteiger charge is 2.48. The van der Waals surface area contributed by atoms with Gasteiger partial charge in [0.15, 0.2) is 16.6 Å². The minimum absolute atomic E-state index is 0.165. The lowest BCUT2D eigenvalue weighted by Crippen LogP contribution is -2.29. The van der Waals surface area contributed by atoms with E-state index in [1.54, 1.807) is 19.1 Å². The van der Waals surface area contributed by atoms with Crippen LogP contribution < -0.4 is 19.1 Å². The van der Waals surface area contributed by atoms with E-state index >= 15 is 0 Å². The molecule has 1 fully saturated rings. The number of aliphatic hydroxyl groups excluding tert-OH is 1. The molecule has 0 radical (unpaired) electrons. The van der Waals surface area contributed by atoms with Gasteiger partial charge in [-0.15, -0.1) is 11.3 Å². The molecule has 1 saturated heterocycles. The number of thiazole rings is 1. The number of anilines is 1. The number of aromatic nitrogens is 1. The van der Waals surface area contributed by atoms with Gasteiger partial charge in [0.05, 0.1) is 38.6 Å². The topological polar surface area (TPSA) is 98.2 Å². The number of hydrogen-bond donors (Lipinski definition) is 1. The van der Waals surface area contributed by atoms with Crippen LogP contribution in [0.25, 0.3) is 5.76 Å². The predicted molar refractivity (Wildman–Crippen MR) is 129 cm³/mol. The van der Waals surface area contributed by atoms with Gasteiger partial charge in [-0.1, -0.05) is 0 Å². The normalized spacial score (nSPS) is 17.1. The Morgan fingerprint density at radius 2 is 1.63 bits per heavy atom. The monoisotopic (exact) mass is 498 g/mol. The molecule has 0 bridgehead atoms. The first-order valence-corrected chi connectivity index (χ1v) is 11.3. The fourth-order valence-corrected chi connectivity index (χ4v) is 4.86. The van der Waals surface area contributed by atoms with Gasteiger partial charge < -0.3 is 19.3 Å². The van der Waals surface area contributed by atoms with Crippen LogP contribution in [0.4, 0.5) is 9.52 Å². The summed E-state index contributed by atoms with van der Waals surface area (Å²) in [6.07, 6.45) is 0. The minimum atomic E-state index is -1.06. The number of halogens is 1. The first kappa shape index (κ1) is 24.2. The van der Waals surface area contributed by atoms with Crippen LogP contribution in [0.3, 0.4) is 0 Å². The number of rotatable bonds is 6. The molecule has 1 atom stereocenters. The van der Waals surface area contributed by atoms with Crippen LogP contribution in [-0.4, -0.2) is 43.1 Å². The molecule has 3 aromatic rings. The van der Waals surface area contributed by atoms with Crippen molar-refractivity contribution in [1.29, 1.82) is 0 Å². The number of carbonyl (C=O) groups is 2. The van der Waals surface area contributed by atoms with Crippen LogP contribution in [-0.2, 0) is 9.59 Å². The van der Waals surface area contributed by atoms with Crippen LogP contribution in [0.2, 0.25) is 0 Å². The maximum atomic E-state index is 13.5. The molecule has 0 aliphatic carbocycles. The van der Waals surface area contributed by atoms with E-state index in [-0.39, 0.29) is 11.1 Å². The van der Waals surface area contributed by atoms with E-state index in [9.17, 15) is 19.1 Å². The van der Waals surface area contributed by atoms with Crippen LogP contribution in [0.5, 0.6) is 17.2 Å². The zero-order chi connectivity index (χ0) is 25.4. The molecule has 2 heterocycles. The largest absolute Gasteiger partial charge is 0.507 e. The molecule has 2 aromatic carbocycles. The quantitative estimate of drug-likeness (QED) is 0.302. The van der Waals surface area contributed by atoms with Gasteiger partial charge in [0.1, 0.15) is 11.6 Å². The van der Waals surface area contributed by atoms with Gasteiger partial charge in [-0.3, -0.25) is 14.5 Å². The third-order valence-electron chi connectivity index (χ3n) is 5.79. The summed E-state index contributed by atoms with van der Waals surface area (Å²) >= 11 is 1.26. The number of nitrogens with zero attached hydrogens (tertiary/aromatic N) is 2. The van der Waals surface area contributed by atoms with E-state index in [4.69, 9.17) is 14.2 Å². The number of aliphatic hydroxyl groups is 1. The van der Waals surface area contributed by atoms with Crippen LogP contribution in [0.1, 0.15) is 27.7 Å². The second kappa shape index (κ2) is 9.38. The summed E-state index contributed by atoms with van der Waals surface area (Å²) in [7, 11) is 4.36. The van der Waals surface area contributed by atoms with Gasteiger partial charge >= 0.3 is 5.91 Å². The molecular weight excluding hydrogens is 475 g/mol. The third kappa shape index (κ3) is 4.10. The zero-order valence-corrected chi connectivity index (χ0v) is 20.5. The number of ketones is 1. The number of Topliss-reactive ketones (excluding diaryl/α,β-unsaturated/α-hetero) is 1. The number of ether oxygens (including phenoxy) is 3. The highest BCUT2D eigenvalue weighted by Crippen LogP contribution is 2.47. The highest BCUT2D eigenvalue weighted by molar-refractivity contribution is 7.16. The Hall–Kier alpha value is -3.92. The van der Waals surface area contributed by atoms with E-state index in [0.29, 0.717) is 33.6 Å². The summed E-state index contributed by atoms with van der Waals surface area (Å²) in [5.41, 5.74) is 1.16. The van der Waals surface area contributed by atoms with Crippen molar-refractivity contribution in [3.63, 3.8) is 0 Å². The number of methoxy groups -OCH3 is 3. The van der Waals surface area contributed by atoms with Gasteiger partial charge in [0.25, 0.3) is 5.78 Å². The molecule has 8 nitrogen and oxygen atoms in total. The number of benzene rings is 2. The fourth-order valence-electron chi connectivity index (χ4n) is 3.93. The fraction of sp³-hybridized carbons (Fsp3) is 0.240. The molecule has 1 aliphatic rings. The Bertz CT molecular complexity index is 1300. The number of amides is 1. The first-order valence-electron chi connectivity index (χ1n) is 10.5. The molecule has 1 aromatic heterocycles. The molecular formula is C25H23FN2O6S. The van der Waals surface area contributed by atoms with E-state index in [1.165, 1.54) is 49.7 Å². The van der Waals surface area contributed by atoms with E-state index in [0.717, 1.165) is 17.0 Å². The van der Waals surface area contributed by atoms with Crippen molar-refractivity contribution in [2.24, 2.45) is 0 Å². The van der Waals surface area contributed by atoms with E-state index in [2.05, 4.69) is 4.98 Å². The van der Waals surface area contributed by atoms with Crippen LogP contribution >= 0.6 is 11.3 Å². The lowest BCUT2D eigenvalue weighted by atomic mass is 9.94. The summed E-state index contributed by atoms with van der Waals surface area (Å²) in [5.74, 6) is -1.74. The summed E-state index contributed by atoms with van der Waals surface area (Å²) in [6.45, 7) is 3.67. The molecule has 1 aliphatic heterocycles. The summed E-state index contributed by atoms with van der Waals surface area (Å²) < 4.78 is 29.8. The van der Waals surface area contributed by atoms with Crippen molar-refractivity contribution >= 4 is 33.9 Å². The molecule has 0 spiro atoms. The van der Waals surface area contributed by atoms with Crippen LogP contribution in [0.15, 0.2) is 42.0 Å². The standard InChI is InChI=1S/C25H23FN2O6S/c1-12-13(2)35-25(27-12)28-20(15-10-17(32-3)23(34-5)18(11-15)33-4)19(22(30)24(28)31)21(29)14-6-8-16(26)9-7-14/h6-11,20,29H,1-5H3/t20-/m1/s1. The molecule has 0 unspecified atom stereocenters. The molecule has 0 saturated carbocycles. The van der Waals surface area contributed by atoms with Gasteiger partial charge in [0.2, 0.25) is 5.75 Å². The summed E-state index contributed by atoms with van der Waals surface area (Å²) in [6, 6.07) is 7.15. The van der Waals surface area contributed by atoms with Crippen molar-refractivity contribution in [2.45, 2.75) is 19.9 Å². The summed E-state index contributed by atoms with van der Waals surface area (Å²) in [4.78, 5) is 33.2. The average molecular weight is 499 g/mol. The Kier molecular flexibility index (Phi) is 6.49. The van der Waals surface area contributed by atoms with Crippen molar-refractivity contribution in [3.05, 3.63) is 69.5 Å². The van der Waals surface area contributed by atoms with Crippen LogP contribution in [0, 0.1) is 19.7 Å². The second-order valence-electron chi connectivity index (χ2n) is 7.77. The van der Waals surface area contributed by atoms with Crippen molar-refractivity contribution in [1.82, 2.24) is 4.98 Å². The highest BCUT2D eigenvalue weighted by atomic mass is 32.1. The average Bonchev–Trinajstić information content (AvgIpc) is 3.32. The van der Waals surface area contributed by atoms with E-state index in [1.807, 2.05) is 6.92 Å². The molecule has 1 N–H and O–H groups in total. The Balaban J connectivity index is 2.01. The number of aryl methyl sites for hydroxylation is 2. The second-order valence-corrected chi connectivity index (χ2v) is 8.95. The Morgan fingerprint density at radius 1 is 1.03 bits per heavy atom. The maximum Gasteiger partial charge on any atom is 0.301 e. The molecule has 35 heavy (non-hydrogen) atoms. The number of hydrogen-bond acceptors (Lipinski definition) is 8. The minimum Gasteiger partial charge on any atom is -0.507 e. The molecule has 4 rings (SSSR count). The smallest absolute Gasteiger partial charge is 0.301 e. The molecule has 1 amide bonds. The Labute approximate surface area is 205 Å². The molecule has 10 heteroatoms. The SMILES string of the molecule is COc1cc([C@@H]2C(=C(O)c3ccc(F)cc3)C(=O)C(=O)N2c2nc(C)c(C)s2)cc(OC)c1OC. The number of carbonyl (C=O) groups excluding carboxylic acids is 2. The lowest BCUT2D eigenvalue weighted by Gasteiger charge is -2.24. The van der Waals surface area contributed by atoms with Crippen molar-refractivity contribution in [2.75, 3.05) is 26.2 Å². The van der Waals surface area contributed by atoms with Gasteiger partial charge in [-0.05, 0) is 55.8 Å². The zero-order valence-electron chi connectivity index (χ0n) is 19.7. The van der Waals surface area contributed by atoms with Gasteiger partial charge in [-0.2, -0.15) is 0 Å². The lowest BCUT2D eigenvalue weighted by molar-refractivity contribution is -0.132. The molecule has 182 valence electrons.